The number of esters is 1. The van der Waals surface area contributed by atoms with Crippen LogP contribution in [0.2, 0.25) is 0 Å². The first-order valence-electron chi connectivity index (χ1n) is 10.5. The number of allylic oxidation sites excluding steroid dienone is 2. The van der Waals surface area contributed by atoms with Gasteiger partial charge in [-0.05, 0) is 87.0 Å². The summed E-state index contributed by atoms with van der Waals surface area (Å²) in [6.07, 6.45) is 13.7. The molecule has 0 heterocycles. The summed E-state index contributed by atoms with van der Waals surface area (Å²) in [4.78, 5) is 11.9. The van der Waals surface area contributed by atoms with Crippen LogP contribution in [0.3, 0.4) is 0 Å². The molecule has 3 saturated carbocycles. The fraction of sp³-hybridized carbons (Fsp3) is 0.783. The number of hydrogen-bond donors (Lipinski definition) is 0. The third kappa shape index (κ3) is 2.32. The minimum atomic E-state index is -0.433. The molecule has 0 amide bonds. The molecule has 0 unspecified atom stereocenters. The van der Waals surface area contributed by atoms with Gasteiger partial charge in [0.15, 0.2) is 0 Å². The first kappa shape index (κ1) is 17.4. The van der Waals surface area contributed by atoms with E-state index in [1.165, 1.54) is 50.5 Å². The van der Waals surface area contributed by atoms with E-state index in [2.05, 4.69) is 26.5 Å². The Morgan fingerprint density at radius 1 is 1.32 bits per heavy atom. The van der Waals surface area contributed by atoms with E-state index in [-0.39, 0.29) is 11.4 Å². The summed E-state index contributed by atoms with van der Waals surface area (Å²) < 4.78 is 6.07. The number of carbonyl (C=O) groups is 1. The number of ether oxygens (including phenoxy) is 1. The Morgan fingerprint density at radius 2 is 2.12 bits per heavy atom. The Morgan fingerprint density at radius 3 is 2.84 bits per heavy atom. The van der Waals surface area contributed by atoms with Gasteiger partial charge in [-0.1, -0.05) is 32.1 Å². The number of hydrogen-bond acceptors (Lipinski definition) is 2. The first-order valence-corrected chi connectivity index (χ1v) is 10.5. The number of rotatable bonds is 2. The lowest BCUT2D eigenvalue weighted by Gasteiger charge is -2.56. The van der Waals surface area contributed by atoms with Crippen molar-refractivity contribution in [3.63, 3.8) is 0 Å². The Kier molecular flexibility index (Phi) is 4.16. The monoisotopic (exact) mass is 342 g/mol. The smallest absolute Gasteiger partial charge is 0.303 e. The largest absolute Gasteiger partial charge is 0.454 e. The number of fused-ring (bicyclic) bond motifs is 5. The third-order valence-electron chi connectivity index (χ3n) is 8.54. The predicted molar refractivity (Wildman–Crippen MR) is 101 cm³/mol. The Bertz CT molecular complexity index is 618. The van der Waals surface area contributed by atoms with Gasteiger partial charge in [0.2, 0.25) is 0 Å². The average molecular weight is 343 g/mol. The highest BCUT2D eigenvalue weighted by atomic mass is 16.6. The van der Waals surface area contributed by atoms with Gasteiger partial charge in [-0.25, -0.2) is 0 Å². The molecule has 0 radical (unpaired) electrons. The molecule has 6 atom stereocenters. The van der Waals surface area contributed by atoms with Gasteiger partial charge in [0.05, 0.1) is 0 Å². The van der Waals surface area contributed by atoms with Gasteiger partial charge in [0.1, 0.15) is 5.60 Å². The van der Waals surface area contributed by atoms with Crippen LogP contribution in [-0.2, 0) is 9.53 Å². The van der Waals surface area contributed by atoms with Gasteiger partial charge in [-0.15, -0.1) is 0 Å². The molecule has 0 spiro atoms. The van der Waals surface area contributed by atoms with Gasteiger partial charge in [-0.3, -0.25) is 4.79 Å². The Hall–Kier alpha value is -1.05. The molecule has 4 aliphatic carbocycles. The van der Waals surface area contributed by atoms with Crippen LogP contribution in [0, 0.1) is 29.1 Å². The second-order valence-corrected chi connectivity index (χ2v) is 9.33. The molecule has 138 valence electrons. The molecule has 4 rings (SSSR count). The van der Waals surface area contributed by atoms with Crippen LogP contribution in [0.25, 0.3) is 0 Å². The second kappa shape index (κ2) is 5.99. The summed E-state index contributed by atoms with van der Waals surface area (Å²) in [6, 6.07) is 0. The quantitative estimate of drug-likeness (QED) is 0.466. The lowest BCUT2D eigenvalue weighted by atomic mass is 9.50. The zero-order valence-electron chi connectivity index (χ0n) is 16.3. The normalized spacial score (nSPS) is 45.9. The van der Waals surface area contributed by atoms with Gasteiger partial charge < -0.3 is 4.74 Å². The number of carbonyl (C=O) groups excluding carboxylic acids is 1. The molecule has 2 nitrogen and oxygen atoms in total. The van der Waals surface area contributed by atoms with Crippen LogP contribution in [0.1, 0.15) is 78.6 Å². The highest BCUT2D eigenvalue weighted by Crippen LogP contribution is 2.67. The molecule has 2 heteroatoms. The van der Waals surface area contributed by atoms with E-state index in [4.69, 9.17) is 4.74 Å². The maximum Gasteiger partial charge on any atom is 0.303 e. The van der Waals surface area contributed by atoms with Crippen molar-refractivity contribution < 1.29 is 9.53 Å². The Balaban J connectivity index is 1.68. The van der Waals surface area contributed by atoms with Crippen LogP contribution < -0.4 is 0 Å². The summed E-state index contributed by atoms with van der Waals surface area (Å²) in [6.45, 7) is 10.6. The van der Waals surface area contributed by atoms with Crippen molar-refractivity contribution in [1.82, 2.24) is 0 Å². The standard InChI is InChI=1S/C23H34O2/c1-5-23(25-16(3)24)15(2)14-21-20-11-10-17-8-6-7-9-18(17)19(20)12-13-22(21,23)4/h8,18-21H,2,5-7,9-14H2,1,3-4H3/t18-,19-,20-,21+,22+,23-/m1/s1. The molecule has 0 aromatic heterocycles. The lowest BCUT2D eigenvalue weighted by Crippen LogP contribution is -2.54. The van der Waals surface area contributed by atoms with Crippen molar-refractivity contribution in [3.8, 4) is 0 Å². The maximum absolute atomic E-state index is 11.9. The molecule has 25 heavy (non-hydrogen) atoms. The van der Waals surface area contributed by atoms with E-state index in [9.17, 15) is 4.79 Å². The Labute approximate surface area is 153 Å². The molecule has 4 aliphatic rings. The minimum Gasteiger partial charge on any atom is -0.454 e. The highest BCUT2D eigenvalue weighted by Gasteiger charge is 2.65. The van der Waals surface area contributed by atoms with E-state index in [1.54, 1.807) is 12.5 Å². The lowest BCUT2D eigenvalue weighted by molar-refractivity contribution is -0.174. The van der Waals surface area contributed by atoms with Crippen molar-refractivity contribution in [3.05, 3.63) is 23.8 Å². The average Bonchev–Trinajstić information content (AvgIpc) is 2.82. The summed E-state index contributed by atoms with van der Waals surface area (Å²) in [5.74, 6) is 2.99. The van der Waals surface area contributed by atoms with Gasteiger partial charge >= 0.3 is 5.97 Å². The molecule has 0 bridgehead atoms. The molecular weight excluding hydrogens is 308 g/mol. The zero-order valence-corrected chi connectivity index (χ0v) is 16.3. The molecule has 0 aliphatic heterocycles. The van der Waals surface area contributed by atoms with Crippen molar-refractivity contribution >= 4 is 5.97 Å². The molecule has 0 saturated heterocycles. The minimum absolute atomic E-state index is 0.0710. The molecule has 0 N–H and O–H groups in total. The van der Waals surface area contributed by atoms with Crippen molar-refractivity contribution in [2.45, 2.75) is 84.2 Å². The first-order chi connectivity index (χ1) is 11.9. The van der Waals surface area contributed by atoms with E-state index in [0.717, 1.165) is 30.6 Å². The van der Waals surface area contributed by atoms with Gasteiger partial charge in [-0.2, -0.15) is 0 Å². The van der Waals surface area contributed by atoms with Crippen LogP contribution in [0.5, 0.6) is 0 Å². The topological polar surface area (TPSA) is 26.3 Å². The van der Waals surface area contributed by atoms with Crippen molar-refractivity contribution in [2.75, 3.05) is 0 Å². The fourth-order valence-corrected chi connectivity index (χ4v) is 7.50. The van der Waals surface area contributed by atoms with Crippen LogP contribution in [-0.4, -0.2) is 11.6 Å². The van der Waals surface area contributed by atoms with Gasteiger partial charge in [0, 0.05) is 12.3 Å². The summed E-state index contributed by atoms with van der Waals surface area (Å²) >= 11 is 0. The summed E-state index contributed by atoms with van der Waals surface area (Å²) in [5.41, 5.74) is 2.59. The van der Waals surface area contributed by atoms with Crippen LogP contribution >= 0.6 is 0 Å². The summed E-state index contributed by atoms with van der Waals surface area (Å²) in [7, 11) is 0. The molecular formula is C23H34O2. The second-order valence-electron chi connectivity index (χ2n) is 9.33. The maximum atomic E-state index is 11.9. The highest BCUT2D eigenvalue weighted by molar-refractivity contribution is 5.67. The van der Waals surface area contributed by atoms with E-state index >= 15 is 0 Å². The van der Waals surface area contributed by atoms with E-state index in [0.29, 0.717) is 5.92 Å². The predicted octanol–water partition coefficient (Wildman–Crippen LogP) is 5.83. The molecule has 0 aromatic carbocycles. The van der Waals surface area contributed by atoms with Crippen molar-refractivity contribution in [1.29, 1.82) is 0 Å². The SMILES string of the molecule is C=C1C[C@H]2[C@@H]3CCC4=CCCC[C@H]4[C@H]3CC[C@]2(C)[C@]1(CC)OC(C)=O. The summed E-state index contributed by atoms with van der Waals surface area (Å²) in [5, 5.41) is 0. The fourth-order valence-electron chi connectivity index (χ4n) is 7.50. The van der Waals surface area contributed by atoms with Crippen molar-refractivity contribution in [2.24, 2.45) is 29.1 Å². The molecule has 0 aromatic rings. The van der Waals surface area contributed by atoms with E-state index < -0.39 is 5.60 Å². The van der Waals surface area contributed by atoms with Gasteiger partial charge in [0.25, 0.3) is 0 Å². The van der Waals surface area contributed by atoms with Crippen LogP contribution in [0.4, 0.5) is 0 Å². The zero-order chi connectivity index (χ0) is 17.8. The van der Waals surface area contributed by atoms with Crippen LogP contribution in [0.15, 0.2) is 23.8 Å². The third-order valence-corrected chi connectivity index (χ3v) is 8.54. The van der Waals surface area contributed by atoms with E-state index in [1.807, 2.05) is 0 Å². The molecule has 3 fully saturated rings.